The van der Waals surface area contributed by atoms with E-state index >= 15 is 0 Å². The number of aliphatic hydroxyl groups is 4. The summed E-state index contributed by atoms with van der Waals surface area (Å²) in [6.07, 6.45) is 1.74. The quantitative estimate of drug-likeness (QED) is 0.328. The van der Waals surface area contributed by atoms with Crippen molar-refractivity contribution in [1.29, 1.82) is 0 Å². The SMILES string of the molecule is C/C=C/c1cc(C)c2c(c1O)C(O)=C1C(=O)[C@]3(O)C(O)=C(C(N)=O)C(=O)C(N(C)C)C3C(O)C1C2. The fraction of sp³-hybridized carbons (Fsp3) is 0.400. The Bertz CT molecular complexity index is 1270. The largest absolute Gasteiger partial charge is 0.508 e. The number of nitrogens with zero attached hydrogens (tertiary/aromatic N) is 1. The normalized spacial score (nSPS) is 30.6. The third-order valence-electron chi connectivity index (χ3n) is 7.40. The summed E-state index contributed by atoms with van der Waals surface area (Å²) >= 11 is 0. The Kier molecular flexibility index (Phi) is 5.66. The van der Waals surface area contributed by atoms with Crippen LogP contribution in [0, 0.1) is 18.8 Å². The molecule has 7 N–H and O–H groups in total. The second-order valence-corrected chi connectivity index (χ2v) is 9.53. The van der Waals surface area contributed by atoms with Gasteiger partial charge in [0, 0.05) is 17.1 Å². The van der Waals surface area contributed by atoms with E-state index < -0.39 is 69.7 Å². The van der Waals surface area contributed by atoms with E-state index in [2.05, 4.69) is 0 Å². The zero-order valence-corrected chi connectivity index (χ0v) is 19.7. The molecule has 1 amide bonds. The fourth-order valence-electron chi connectivity index (χ4n) is 5.84. The van der Waals surface area contributed by atoms with Crippen molar-refractivity contribution in [1.82, 2.24) is 4.90 Å². The number of amides is 1. The predicted octanol–water partition coefficient (Wildman–Crippen LogP) is 0.276. The summed E-state index contributed by atoms with van der Waals surface area (Å²) in [5.74, 6) is -8.24. The molecule has 35 heavy (non-hydrogen) atoms. The molecule has 0 heterocycles. The summed E-state index contributed by atoms with van der Waals surface area (Å²) in [6, 6.07) is 0.342. The number of aliphatic hydroxyl groups excluding tert-OH is 3. The van der Waals surface area contributed by atoms with Crippen molar-refractivity contribution in [3.8, 4) is 5.75 Å². The van der Waals surface area contributed by atoms with E-state index in [-0.39, 0.29) is 17.7 Å². The summed E-state index contributed by atoms with van der Waals surface area (Å²) in [6.45, 7) is 3.51. The van der Waals surface area contributed by atoms with Crippen molar-refractivity contribution < 1.29 is 39.9 Å². The van der Waals surface area contributed by atoms with Gasteiger partial charge in [0.15, 0.2) is 11.4 Å². The van der Waals surface area contributed by atoms with Crippen LogP contribution in [0.25, 0.3) is 11.8 Å². The smallest absolute Gasteiger partial charge is 0.255 e. The first-order valence-corrected chi connectivity index (χ1v) is 11.1. The maximum Gasteiger partial charge on any atom is 0.255 e. The lowest BCUT2D eigenvalue weighted by Gasteiger charge is -2.52. The van der Waals surface area contributed by atoms with E-state index in [0.717, 1.165) is 0 Å². The molecule has 4 rings (SSSR count). The predicted molar refractivity (Wildman–Crippen MR) is 125 cm³/mol. The molecule has 3 aliphatic rings. The number of phenols is 1. The summed E-state index contributed by atoms with van der Waals surface area (Å²) in [5.41, 5.74) is 2.62. The fourth-order valence-corrected chi connectivity index (χ4v) is 5.84. The highest BCUT2D eigenvalue weighted by molar-refractivity contribution is 6.24. The van der Waals surface area contributed by atoms with Gasteiger partial charge in [0.05, 0.1) is 23.6 Å². The Morgan fingerprint density at radius 1 is 1.23 bits per heavy atom. The van der Waals surface area contributed by atoms with Gasteiger partial charge in [0.2, 0.25) is 5.78 Å². The first-order valence-electron chi connectivity index (χ1n) is 11.1. The van der Waals surface area contributed by atoms with E-state index in [1.54, 1.807) is 32.1 Å². The van der Waals surface area contributed by atoms with Gasteiger partial charge in [-0.15, -0.1) is 0 Å². The summed E-state index contributed by atoms with van der Waals surface area (Å²) < 4.78 is 0. The van der Waals surface area contributed by atoms with Gasteiger partial charge in [0.1, 0.15) is 22.8 Å². The Balaban J connectivity index is 2.05. The highest BCUT2D eigenvalue weighted by Crippen LogP contribution is 2.53. The molecule has 0 aromatic heterocycles. The van der Waals surface area contributed by atoms with Crippen molar-refractivity contribution in [2.45, 2.75) is 38.0 Å². The Hall–Kier alpha value is -3.47. The number of hydrogen-bond donors (Lipinski definition) is 6. The number of aromatic hydroxyl groups is 1. The first-order chi connectivity index (χ1) is 16.3. The van der Waals surface area contributed by atoms with Gasteiger partial charge < -0.3 is 31.3 Å². The zero-order chi connectivity index (χ0) is 26.1. The molecular weight excluding hydrogens is 456 g/mol. The van der Waals surface area contributed by atoms with E-state index in [4.69, 9.17) is 5.73 Å². The van der Waals surface area contributed by atoms with Gasteiger partial charge in [-0.1, -0.05) is 12.2 Å². The molecule has 0 saturated heterocycles. The number of allylic oxidation sites excluding steroid dienone is 1. The zero-order valence-electron chi connectivity index (χ0n) is 19.7. The van der Waals surface area contributed by atoms with E-state index in [1.807, 2.05) is 0 Å². The van der Waals surface area contributed by atoms with Gasteiger partial charge >= 0.3 is 0 Å². The van der Waals surface area contributed by atoms with Crippen LogP contribution >= 0.6 is 0 Å². The summed E-state index contributed by atoms with van der Waals surface area (Å²) in [5, 5.41) is 56.0. The Morgan fingerprint density at radius 2 is 1.86 bits per heavy atom. The van der Waals surface area contributed by atoms with Crippen LogP contribution in [0.2, 0.25) is 0 Å². The number of carbonyl (C=O) groups is 3. The monoisotopic (exact) mass is 484 g/mol. The molecule has 0 radical (unpaired) electrons. The molecule has 10 heteroatoms. The van der Waals surface area contributed by atoms with Crippen LogP contribution in [0.5, 0.6) is 5.75 Å². The molecule has 0 spiro atoms. The molecular formula is C25H28N2O8. The van der Waals surface area contributed by atoms with Crippen LogP contribution in [-0.4, -0.2) is 79.7 Å². The van der Waals surface area contributed by atoms with E-state index in [9.17, 15) is 39.9 Å². The van der Waals surface area contributed by atoms with Crippen molar-refractivity contribution >= 4 is 29.3 Å². The highest BCUT2D eigenvalue weighted by atomic mass is 16.4. The third kappa shape index (κ3) is 3.10. The maximum absolute atomic E-state index is 13.8. The van der Waals surface area contributed by atoms with E-state index in [1.165, 1.54) is 19.0 Å². The van der Waals surface area contributed by atoms with Crippen LogP contribution in [0.15, 0.2) is 29.0 Å². The first kappa shape index (κ1) is 24.6. The van der Waals surface area contributed by atoms with Crippen molar-refractivity contribution in [3.05, 3.63) is 51.3 Å². The maximum atomic E-state index is 13.8. The summed E-state index contributed by atoms with van der Waals surface area (Å²) in [7, 11) is 2.93. The molecule has 1 saturated carbocycles. The Labute approximate surface area is 201 Å². The molecule has 10 nitrogen and oxygen atoms in total. The summed E-state index contributed by atoms with van der Waals surface area (Å²) in [4.78, 5) is 40.2. The number of hydrogen-bond acceptors (Lipinski definition) is 9. The number of nitrogens with two attached hydrogens (primary N) is 1. The van der Waals surface area contributed by atoms with Crippen LogP contribution in [0.1, 0.15) is 29.2 Å². The number of rotatable bonds is 3. The minimum atomic E-state index is -2.91. The molecule has 1 aromatic carbocycles. The van der Waals surface area contributed by atoms with Gasteiger partial charge in [-0.25, -0.2) is 0 Å². The number of ketones is 2. The molecule has 4 unspecified atom stereocenters. The molecule has 1 aromatic rings. The number of phenolic OH excluding ortho intramolecular Hbond substituents is 1. The standard InChI is InChI=1S/C25H28N2O8/c1-5-6-10-7-9(2)11-8-12-14(20(30)13(11)18(10)28)22(32)25(35)16(19(12)29)17(27(3)4)21(31)15(23(25)33)24(26)34/h5-7,12,16-17,19,28-30,33,35H,8H2,1-4H3,(H2,26,34)/b6-5+/t12?,16?,17?,19?,25-/m0/s1. The van der Waals surface area contributed by atoms with Gasteiger partial charge in [-0.3, -0.25) is 19.3 Å². The average Bonchev–Trinajstić information content (AvgIpc) is 2.77. The number of benzene rings is 1. The lowest BCUT2D eigenvalue weighted by atomic mass is 9.56. The number of Topliss-reactive ketones (excluding diaryl/α,β-unsaturated/α-hetero) is 2. The van der Waals surface area contributed by atoms with E-state index in [0.29, 0.717) is 16.7 Å². The topological polar surface area (TPSA) is 182 Å². The molecule has 3 aliphatic carbocycles. The second kappa shape index (κ2) is 8.04. The molecule has 5 atom stereocenters. The Morgan fingerprint density at radius 3 is 2.40 bits per heavy atom. The number of fused-ring (bicyclic) bond motifs is 3. The van der Waals surface area contributed by atoms with Gasteiger partial charge in [-0.2, -0.15) is 0 Å². The number of carbonyl (C=O) groups excluding carboxylic acids is 3. The van der Waals surface area contributed by atoms with Gasteiger partial charge in [-0.05, 0) is 51.6 Å². The minimum absolute atomic E-state index is 0.0124. The van der Waals surface area contributed by atoms with Crippen LogP contribution in [0.3, 0.4) is 0 Å². The van der Waals surface area contributed by atoms with Crippen molar-refractivity contribution in [2.24, 2.45) is 17.6 Å². The van der Waals surface area contributed by atoms with Crippen LogP contribution in [0.4, 0.5) is 0 Å². The number of aryl methyl sites for hydroxylation is 1. The number of likely N-dealkylation sites (N-methyl/N-ethyl adjacent to an activating group) is 1. The minimum Gasteiger partial charge on any atom is -0.508 e. The average molecular weight is 485 g/mol. The molecule has 0 bridgehead atoms. The lowest BCUT2D eigenvalue weighted by Crippen LogP contribution is -2.70. The highest BCUT2D eigenvalue weighted by Gasteiger charge is 2.67. The molecule has 1 fully saturated rings. The number of primary amides is 1. The van der Waals surface area contributed by atoms with Crippen molar-refractivity contribution in [3.63, 3.8) is 0 Å². The second-order valence-electron chi connectivity index (χ2n) is 9.53. The van der Waals surface area contributed by atoms with Crippen LogP contribution in [-0.2, 0) is 20.8 Å². The van der Waals surface area contributed by atoms with Gasteiger partial charge in [0.25, 0.3) is 5.91 Å². The van der Waals surface area contributed by atoms with Crippen molar-refractivity contribution in [2.75, 3.05) is 14.1 Å². The third-order valence-corrected chi connectivity index (χ3v) is 7.40. The van der Waals surface area contributed by atoms with Crippen LogP contribution < -0.4 is 5.73 Å². The molecule has 186 valence electrons. The lowest BCUT2D eigenvalue weighted by molar-refractivity contribution is -0.168. The molecule has 0 aliphatic heterocycles.